The van der Waals surface area contributed by atoms with Crippen LogP contribution in [-0.4, -0.2) is 4.98 Å². The molecule has 2 aromatic carbocycles. The zero-order valence-electron chi connectivity index (χ0n) is 16.1. The maximum Gasteiger partial charge on any atom is 0.133 e. The third kappa shape index (κ3) is 4.08. The minimum absolute atomic E-state index is 0.173. The van der Waals surface area contributed by atoms with E-state index >= 15 is 0 Å². The van der Waals surface area contributed by atoms with Gasteiger partial charge in [0, 0.05) is 34.3 Å². The van der Waals surface area contributed by atoms with Crippen LogP contribution in [0.2, 0.25) is 0 Å². The van der Waals surface area contributed by atoms with E-state index in [-0.39, 0.29) is 5.82 Å². The Morgan fingerprint density at radius 2 is 1.81 bits per heavy atom. The number of rotatable bonds is 5. The number of aromatic nitrogens is 1. The summed E-state index contributed by atoms with van der Waals surface area (Å²) in [5, 5.41) is 0. The lowest BCUT2D eigenvalue weighted by atomic mass is 9.92. The van der Waals surface area contributed by atoms with E-state index in [2.05, 4.69) is 24.1 Å². The Morgan fingerprint density at radius 3 is 2.56 bits per heavy atom. The number of benzene rings is 2. The van der Waals surface area contributed by atoms with Gasteiger partial charge in [-0.15, -0.1) is 0 Å². The molecule has 0 aliphatic rings. The van der Waals surface area contributed by atoms with Gasteiger partial charge in [-0.05, 0) is 55.2 Å². The van der Waals surface area contributed by atoms with E-state index in [4.69, 9.17) is 5.73 Å². The Morgan fingerprint density at radius 1 is 1.04 bits per heavy atom. The first kappa shape index (κ1) is 18.8. The predicted molar refractivity (Wildman–Crippen MR) is 112 cm³/mol. The van der Waals surface area contributed by atoms with Crippen LogP contribution >= 0.6 is 0 Å². The summed E-state index contributed by atoms with van der Waals surface area (Å²) in [4.78, 5) is 4.59. The number of nitrogens with two attached hydrogens (primary N) is 1. The number of nitrogen functional groups attached to an aromatic ring is 1. The fourth-order valence-corrected chi connectivity index (χ4v) is 3.19. The second-order valence-electron chi connectivity index (χ2n) is 6.83. The third-order valence-electron chi connectivity index (χ3n) is 4.72. The molecule has 3 heteroatoms. The molecule has 3 rings (SSSR count). The number of unbranched alkanes of at least 4 members (excludes halogenated alkanes) is 1. The van der Waals surface area contributed by atoms with Crippen LogP contribution in [0, 0.1) is 19.7 Å². The van der Waals surface area contributed by atoms with Gasteiger partial charge in [0.25, 0.3) is 0 Å². The highest BCUT2D eigenvalue weighted by Gasteiger charge is 2.15. The van der Waals surface area contributed by atoms with Gasteiger partial charge in [0.15, 0.2) is 0 Å². The van der Waals surface area contributed by atoms with Crippen molar-refractivity contribution >= 4 is 11.3 Å². The zero-order valence-corrected chi connectivity index (χ0v) is 16.1. The molecule has 0 aliphatic heterocycles. The second-order valence-corrected chi connectivity index (χ2v) is 6.83. The quantitative estimate of drug-likeness (QED) is 0.541. The molecule has 0 bridgehead atoms. The molecule has 1 aromatic heterocycles. The summed E-state index contributed by atoms with van der Waals surface area (Å²) in [5.41, 5.74) is 12.6. The third-order valence-corrected chi connectivity index (χ3v) is 4.72. The number of halogens is 1. The summed E-state index contributed by atoms with van der Waals surface area (Å²) in [6, 6.07) is 15.4. The fourth-order valence-electron chi connectivity index (χ4n) is 3.19. The Balaban J connectivity index is 2.18. The first-order valence-corrected chi connectivity index (χ1v) is 9.29. The molecular weight excluding hydrogens is 335 g/mol. The maximum atomic E-state index is 14.9. The zero-order chi connectivity index (χ0) is 19.4. The standard InChI is InChI=1S/C24H25FN2/c1-4-5-11-21(22-12-6-8-16(2)24(22)25)23-14-19(15-27-17(23)3)18-9-7-10-20(26)13-18/h6-15H,4-5,26H2,1-3H3/b21-11-. The number of hydrogen-bond donors (Lipinski definition) is 1. The SMILES string of the molecule is CCC/C=C(\c1cc(-c2cccc(N)c2)cnc1C)c1cccc(C)c1F. The highest BCUT2D eigenvalue weighted by atomic mass is 19.1. The van der Waals surface area contributed by atoms with Gasteiger partial charge in [0.05, 0.1) is 0 Å². The number of aryl methyl sites for hydroxylation is 2. The smallest absolute Gasteiger partial charge is 0.133 e. The number of hydrogen-bond acceptors (Lipinski definition) is 2. The molecule has 0 saturated carbocycles. The van der Waals surface area contributed by atoms with Crippen LogP contribution in [0.25, 0.3) is 16.7 Å². The highest BCUT2D eigenvalue weighted by molar-refractivity contribution is 5.83. The van der Waals surface area contributed by atoms with E-state index in [1.807, 2.05) is 49.5 Å². The molecule has 0 unspecified atom stereocenters. The van der Waals surface area contributed by atoms with Gasteiger partial charge in [-0.2, -0.15) is 0 Å². The average Bonchev–Trinajstić information content (AvgIpc) is 2.66. The molecule has 0 spiro atoms. The van der Waals surface area contributed by atoms with E-state index in [0.29, 0.717) is 16.8 Å². The van der Waals surface area contributed by atoms with E-state index in [0.717, 1.165) is 40.8 Å². The first-order chi connectivity index (χ1) is 13.0. The molecule has 0 saturated heterocycles. The normalized spacial score (nSPS) is 11.6. The minimum Gasteiger partial charge on any atom is -0.399 e. The van der Waals surface area contributed by atoms with Crippen molar-refractivity contribution in [1.82, 2.24) is 4.98 Å². The van der Waals surface area contributed by atoms with Gasteiger partial charge < -0.3 is 5.73 Å². The Kier molecular flexibility index (Phi) is 5.70. The van der Waals surface area contributed by atoms with Crippen molar-refractivity contribution in [3.05, 3.63) is 89.0 Å². The van der Waals surface area contributed by atoms with Gasteiger partial charge in [0.2, 0.25) is 0 Å². The molecule has 2 nitrogen and oxygen atoms in total. The van der Waals surface area contributed by atoms with Gasteiger partial charge in [-0.25, -0.2) is 4.39 Å². The molecule has 1 heterocycles. The summed E-state index contributed by atoms with van der Waals surface area (Å²) < 4.78 is 14.9. The van der Waals surface area contributed by atoms with Gasteiger partial charge >= 0.3 is 0 Å². The van der Waals surface area contributed by atoms with Crippen LogP contribution in [0.3, 0.4) is 0 Å². The van der Waals surface area contributed by atoms with Crippen molar-refractivity contribution < 1.29 is 4.39 Å². The van der Waals surface area contributed by atoms with Gasteiger partial charge in [0.1, 0.15) is 5.82 Å². The van der Waals surface area contributed by atoms with Crippen LogP contribution in [0.1, 0.15) is 42.1 Å². The van der Waals surface area contributed by atoms with Gasteiger partial charge in [-0.1, -0.05) is 49.8 Å². The Labute approximate surface area is 160 Å². The van der Waals surface area contributed by atoms with Gasteiger partial charge in [-0.3, -0.25) is 4.98 Å². The Bertz CT molecular complexity index is 989. The number of anilines is 1. The van der Waals surface area contributed by atoms with Crippen molar-refractivity contribution in [2.24, 2.45) is 0 Å². The molecule has 2 N–H and O–H groups in total. The topological polar surface area (TPSA) is 38.9 Å². The lowest BCUT2D eigenvalue weighted by molar-refractivity contribution is 0.615. The van der Waals surface area contributed by atoms with Crippen LogP contribution in [0.15, 0.2) is 60.8 Å². The molecular formula is C24H25FN2. The van der Waals surface area contributed by atoms with E-state index in [1.165, 1.54) is 0 Å². The monoisotopic (exact) mass is 360 g/mol. The van der Waals surface area contributed by atoms with Crippen molar-refractivity contribution in [3.63, 3.8) is 0 Å². The summed E-state index contributed by atoms with van der Waals surface area (Å²) in [7, 11) is 0. The van der Waals surface area contributed by atoms with Crippen LogP contribution < -0.4 is 5.73 Å². The van der Waals surface area contributed by atoms with E-state index < -0.39 is 0 Å². The van der Waals surface area contributed by atoms with E-state index in [1.54, 1.807) is 13.0 Å². The number of pyridine rings is 1. The van der Waals surface area contributed by atoms with Crippen LogP contribution in [0.5, 0.6) is 0 Å². The summed E-state index contributed by atoms with van der Waals surface area (Å²) in [6.45, 7) is 5.88. The average molecular weight is 360 g/mol. The predicted octanol–water partition coefficient (Wildman–Crippen LogP) is 6.32. The van der Waals surface area contributed by atoms with Crippen LogP contribution in [-0.2, 0) is 0 Å². The summed E-state index contributed by atoms with van der Waals surface area (Å²) >= 11 is 0. The largest absolute Gasteiger partial charge is 0.399 e. The van der Waals surface area contributed by atoms with Crippen molar-refractivity contribution in [1.29, 1.82) is 0 Å². The maximum absolute atomic E-state index is 14.9. The lowest BCUT2D eigenvalue weighted by Gasteiger charge is -2.15. The molecule has 0 atom stereocenters. The van der Waals surface area contributed by atoms with Crippen molar-refractivity contribution in [2.75, 3.05) is 5.73 Å². The fraction of sp³-hybridized carbons (Fsp3) is 0.208. The van der Waals surface area contributed by atoms with E-state index in [9.17, 15) is 4.39 Å². The number of nitrogens with zero attached hydrogens (tertiary/aromatic N) is 1. The summed E-state index contributed by atoms with van der Waals surface area (Å²) in [5.74, 6) is -0.173. The molecule has 27 heavy (non-hydrogen) atoms. The summed E-state index contributed by atoms with van der Waals surface area (Å²) in [6.07, 6.45) is 5.84. The molecule has 0 fully saturated rings. The molecule has 0 radical (unpaired) electrons. The minimum atomic E-state index is -0.173. The molecule has 138 valence electrons. The first-order valence-electron chi connectivity index (χ1n) is 9.29. The molecule has 3 aromatic rings. The van der Waals surface area contributed by atoms with Crippen molar-refractivity contribution in [3.8, 4) is 11.1 Å². The number of allylic oxidation sites excluding steroid dienone is 1. The van der Waals surface area contributed by atoms with Crippen molar-refractivity contribution in [2.45, 2.75) is 33.6 Å². The Hall–Kier alpha value is -2.94. The second kappa shape index (κ2) is 8.17. The van der Waals surface area contributed by atoms with Crippen LogP contribution in [0.4, 0.5) is 10.1 Å². The lowest BCUT2D eigenvalue weighted by Crippen LogP contribution is -1.99. The molecule has 0 amide bonds. The highest BCUT2D eigenvalue weighted by Crippen LogP contribution is 2.32. The molecule has 0 aliphatic carbocycles.